The molecule has 36 heavy (non-hydrogen) atoms. The summed E-state index contributed by atoms with van der Waals surface area (Å²) in [6.07, 6.45) is 0. The minimum atomic E-state index is -4.27. The Balaban J connectivity index is 0.000000233. The molecule has 5 heteroatoms. The molecule has 0 aliphatic heterocycles. The van der Waals surface area contributed by atoms with Gasteiger partial charge in [0.15, 0.2) is 0 Å². The van der Waals surface area contributed by atoms with Crippen molar-refractivity contribution < 1.29 is 13.0 Å². The van der Waals surface area contributed by atoms with Crippen LogP contribution in [0, 0.1) is 6.92 Å². The fraction of sp³-hybridized carbons (Fsp3) is 0.0323. The SMILES string of the molecule is Cc1ccc(S(=O)(=O)[O-])cc1.c1cc[c]([Sb+]([c]2ccccc2)([c]2ccccc2)[c]2ccccc2)cc1. The monoisotopic (exact) mass is 600 g/mol. The van der Waals surface area contributed by atoms with E-state index in [2.05, 4.69) is 121 Å². The van der Waals surface area contributed by atoms with Crippen molar-refractivity contribution in [2.75, 3.05) is 0 Å². The number of hydrogen-bond donors (Lipinski definition) is 0. The minimum absolute atomic E-state index is 0.178. The Kier molecular flexibility index (Phi) is 8.43. The van der Waals surface area contributed by atoms with Crippen molar-refractivity contribution in [2.24, 2.45) is 0 Å². The molecule has 0 fully saturated rings. The molecule has 5 rings (SSSR count). The molecule has 0 aromatic heterocycles. The summed E-state index contributed by atoms with van der Waals surface area (Å²) < 4.78 is 37.1. The van der Waals surface area contributed by atoms with E-state index >= 15 is 0 Å². The van der Waals surface area contributed by atoms with Crippen LogP contribution >= 0.6 is 0 Å². The number of rotatable bonds is 5. The third-order valence-electron chi connectivity index (χ3n) is 5.88. The second-order valence-electron chi connectivity index (χ2n) is 8.28. The molecule has 5 aromatic carbocycles. The Morgan fingerprint density at radius 1 is 0.472 bits per heavy atom. The summed E-state index contributed by atoms with van der Waals surface area (Å²) in [7, 11) is -4.27. The quantitative estimate of drug-likeness (QED) is 0.227. The second-order valence-corrected chi connectivity index (χ2v) is 19.4. The predicted octanol–water partition coefficient (Wildman–Crippen LogP) is 3.96. The van der Waals surface area contributed by atoms with Crippen LogP contribution in [-0.2, 0) is 10.1 Å². The van der Waals surface area contributed by atoms with Gasteiger partial charge in [-0.15, -0.1) is 0 Å². The topological polar surface area (TPSA) is 57.2 Å². The molecule has 0 aliphatic carbocycles. The van der Waals surface area contributed by atoms with Gasteiger partial charge in [0, 0.05) is 0 Å². The van der Waals surface area contributed by atoms with Gasteiger partial charge in [0.2, 0.25) is 0 Å². The van der Waals surface area contributed by atoms with E-state index in [9.17, 15) is 13.0 Å². The van der Waals surface area contributed by atoms with E-state index in [1.165, 1.54) is 26.2 Å². The van der Waals surface area contributed by atoms with Gasteiger partial charge in [0.25, 0.3) is 0 Å². The standard InChI is InChI=1S/C7H8O3S.4C6H5.Sb/c1-6-2-4-7(5-3-6)11(8,9)10;4*1-2-4-6-5-3-1;/h2-5H,1H3,(H,8,9,10);4*1-5H;/q;;;;;+1/p-1. The molecule has 0 saturated heterocycles. The van der Waals surface area contributed by atoms with Crippen LogP contribution in [0.15, 0.2) is 150 Å². The van der Waals surface area contributed by atoms with Gasteiger partial charge >= 0.3 is 154 Å². The first-order valence-electron chi connectivity index (χ1n) is 11.6. The molecule has 0 bridgehead atoms. The van der Waals surface area contributed by atoms with E-state index < -0.39 is 28.9 Å². The Morgan fingerprint density at radius 2 is 0.750 bits per heavy atom. The summed E-state index contributed by atoms with van der Waals surface area (Å²) in [5, 5.41) is 0. The normalized spacial score (nSPS) is 11.3. The van der Waals surface area contributed by atoms with Gasteiger partial charge in [-0.05, 0) is 19.1 Å². The van der Waals surface area contributed by atoms with Gasteiger partial charge < -0.3 is 4.55 Å². The molecule has 180 valence electrons. The molecular formula is C31H27O3SSb. The molecule has 0 atom stereocenters. The maximum absolute atomic E-state index is 10.4. The van der Waals surface area contributed by atoms with Crippen LogP contribution in [0.3, 0.4) is 0 Å². The van der Waals surface area contributed by atoms with Gasteiger partial charge in [0.1, 0.15) is 10.1 Å². The Labute approximate surface area is 217 Å². The van der Waals surface area contributed by atoms with Crippen molar-refractivity contribution in [3.8, 4) is 0 Å². The summed E-state index contributed by atoms with van der Waals surface area (Å²) >= 11 is -3.17. The molecule has 0 radical (unpaired) electrons. The summed E-state index contributed by atoms with van der Waals surface area (Å²) in [5.41, 5.74) is 0.928. The van der Waals surface area contributed by atoms with Crippen LogP contribution in [-0.4, -0.2) is 31.8 Å². The van der Waals surface area contributed by atoms with Gasteiger partial charge in [0.05, 0.1) is 4.90 Å². The van der Waals surface area contributed by atoms with E-state index in [1.54, 1.807) is 12.1 Å². The third kappa shape index (κ3) is 5.79. The average molecular weight is 601 g/mol. The Morgan fingerprint density at radius 3 is 1.00 bits per heavy atom. The number of aryl methyl sites for hydroxylation is 1. The van der Waals surface area contributed by atoms with Gasteiger partial charge in [-0.1, -0.05) is 17.7 Å². The Bertz CT molecular complexity index is 1310. The van der Waals surface area contributed by atoms with Crippen molar-refractivity contribution in [2.45, 2.75) is 11.8 Å². The van der Waals surface area contributed by atoms with E-state index in [4.69, 9.17) is 0 Å². The molecule has 3 nitrogen and oxygen atoms in total. The van der Waals surface area contributed by atoms with E-state index in [-0.39, 0.29) is 4.90 Å². The summed E-state index contributed by atoms with van der Waals surface area (Å²) in [6.45, 7) is 1.82. The average Bonchev–Trinajstić information content (AvgIpc) is 2.92. The van der Waals surface area contributed by atoms with E-state index in [0.717, 1.165) is 5.56 Å². The molecule has 0 unspecified atom stereocenters. The molecule has 0 aliphatic rings. The van der Waals surface area contributed by atoms with Gasteiger partial charge in [-0.2, -0.15) is 0 Å². The zero-order valence-electron chi connectivity index (χ0n) is 19.9. The molecule has 5 aromatic rings. The number of hydrogen-bond acceptors (Lipinski definition) is 3. The first kappa shape index (κ1) is 25.9. The summed E-state index contributed by atoms with van der Waals surface area (Å²) in [6, 6.07) is 50.2. The van der Waals surface area contributed by atoms with Crippen molar-refractivity contribution >= 4 is 43.0 Å². The first-order valence-corrected chi connectivity index (χ1v) is 18.1. The van der Waals surface area contributed by atoms with Crippen molar-refractivity contribution in [3.63, 3.8) is 0 Å². The van der Waals surface area contributed by atoms with E-state index in [0.29, 0.717) is 0 Å². The van der Waals surface area contributed by atoms with Crippen molar-refractivity contribution in [1.29, 1.82) is 0 Å². The summed E-state index contributed by atoms with van der Waals surface area (Å²) in [5.74, 6) is 0. The Hall–Kier alpha value is -3.17. The summed E-state index contributed by atoms with van der Waals surface area (Å²) in [4.78, 5) is -0.178. The zero-order valence-corrected chi connectivity index (χ0v) is 23.3. The van der Waals surface area contributed by atoms with Crippen LogP contribution < -0.4 is 14.0 Å². The van der Waals surface area contributed by atoms with Crippen LogP contribution in [0.2, 0.25) is 0 Å². The van der Waals surface area contributed by atoms with Crippen LogP contribution in [0.4, 0.5) is 0 Å². The molecular weight excluding hydrogens is 574 g/mol. The molecule has 0 N–H and O–H groups in total. The molecule has 0 amide bonds. The molecule has 0 heterocycles. The number of benzene rings is 5. The predicted molar refractivity (Wildman–Crippen MR) is 149 cm³/mol. The van der Waals surface area contributed by atoms with Crippen LogP contribution in [0.5, 0.6) is 0 Å². The van der Waals surface area contributed by atoms with Gasteiger partial charge in [-0.3, -0.25) is 0 Å². The second kappa shape index (κ2) is 11.7. The van der Waals surface area contributed by atoms with Crippen molar-refractivity contribution in [1.82, 2.24) is 0 Å². The first-order chi connectivity index (χ1) is 17.4. The molecule has 0 spiro atoms. The zero-order chi connectivity index (χ0) is 25.4. The van der Waals surface area contributed by atoms with Gasteiger partial charge in [-0.25, -0.2) is 8.42 Å². The fourth-order valence-electron chi connectivity index (χ4n) is 4.21. The fourth-order valence-corrected chi connectivity index (χ4v) is 16.9. The van der Waals surface area contributed by atoms with Crippen LogP contribution in [0.25, 0.3) is 0 Å². The van der Waals surface area contributed by atoms with E-state index in [1.807, 2.05) is 6.92 Å². The third-order valence-corrected chi connectivity index (χ3v) is 19.0. The van der Waals surface area contributed by atoms with Crippen LogP contribution in [0.1, 0.15) is 5.56 Å². The maximum atomic E-state index is 10.4. The van der Waals surface area contributed by atoms with Crippen molar-refractivity contribution in [3.05, 3.63) is 151 Å². The molecule has 0 saturated carbocycles.